The van der Waals surface area contributed by atoms with E-state index >= 15 is 0 Å². The summed E-state index contributed by atoms with van der Waals surface area (Å²) in [6.45, 7) is 4.11. The van der Waals surface area contributed by atoms with Crippen molar-refractivity contribution in [2.24, 2.45) is 0 Å². The van der Waals surface area contributed by atoms with Gasteiger partial charge in [-0.3, -0.25) is 4.79 Å². The second-order valence-electron chi connectivity index (χ2n) is 9.42. The first kappa shape index (κ1) is 23.9. The minimum absolute atomic E-state index is 0.0886. The van der Waals surface area contributed by atoms with Crippen molar-refractivity contribution in [1.29, 1.82) is 0 Å². The van der Waals surface area contributed by atoms with Gasteiger partial charge < -0.3 is 19.6 Å². The molecule has 2 aliphatic rings. The van der Waals surface area contributed by atoms with Gasteiger partial charge in [0.2, 0.25) is 0 Å². The Morgan fingerprint density at radius 1 is 1.12 bits per heavy atom. The number of alkyl halides is 3. The molecule has 1 N–H and O–H groups in total. The van der Waals surface area contributed by atoms with Gasteiger partial charge in [0.1, 0.15) is 5.75 Å². The van der Waals surface area contributed by atoms with E-state index in [9.17, 15) is 22.8 Å². The van der Waals surface area contributed by atoms with Crippen LogP contribution in [0.3, 0.4) is 0 Å². The lowest BCUT2D eigenvalue weighted by Gasteiger charge is -2.42. The number of aliphatic carboxylic acids is 1. The molecule has 2 aromatic rings. The number of anilines is 1. The lowest BCUT2D eigenvalue weighted by Crippen LogP contribution is -2.52. The van der Waals surface area contributed by atoms with Gasteiger partial charge in [-0.1, -0.05) is 6.07 Å². The minimum Gasteiger partial charge on any atom is -0.482 e. The van der Waals surface area contributed by atoms with Crippen LogP contribution >= 0.6 is 0 Å². The fourth-order valence-corrected chi connectivity index (χ4v) is 5.27. The number of carboxylic acids is 1. The summed E-state index contributed by atoms with van der Waals surface area (Å²) in [5.74, 6) is -0.886. The molecule has 0 aromatic heterocycles. The van der Waals surface area contributed by atoms with Crippen LogP contribution in [0, 0.1) is 0 Å². The molecule has 2 heterocycles. The normalized spacial score (nSPS) is 21.8. The van der Waals surface area contributed by atoms with Crippen LogP contribution in [0.25, 0.3) is 0 Å². The van der Waals surface area contributed by atoms with Crippen LogP contribution in [0.5, 0.6) is 5.75 Å². The van der Waals surface area contributed by atoms with E-state index in [-0.39, 0.29) is 18.0 Å². The molecule has 0 aliphatic carbocycles. The maximum Gasteiger partial charge on any atom is 0.416 e. The Balaban J connectivity index is 1.57. The number of likely N-dealkylation sites (tertiary alicyclic amines) is 1. The van der Waals surface area contributed by atoms with E-state index in [2.05, 4.69) is 4.90 Å². The number of nitrogens with zero attached hydrogens (tertiary/aromatic N) is 2. The third kappa shape index (κ3) is 4.69. The zero-order valence-corrected chi connectivity index (χ0v) is 19.0. The summed E-state index contributed by atoms with van der Waals surface area (Å²) in [6.07, 6.45) is -2.25. The zero-order chi connectivity index (χ0) is 24.7. The molecule has 0 spiro atoms. The molecule has 34 heavy (non-hydrogen) atoms. The van der Waals surface area contributed by atoms with E-state index in [1.54, 1.807) is 30.3 Å². The molecule has 182 valence electrons. The Kier molecular flexibility index (Phi) is 6.22. The molecule has 4 rings (SSSR count). The number of carboxylic acid groups (broad SMARTS) is 1. The van der Waals surface area contributed by atoms with Gasteiger partial charge in [-0.05, 0) is 75.6 Å². The average Bonchev–Trinajstić information content (AvgIpc) is 3.06. The number of halogens is 3. The SMILES string of the molecule is CC1(C)C[C@H]2[C@H](CCCN2C(=O)c2ccc(OCC(=O)O)cc2)N1c1cccc(C(F)(F)F)c1. The molecule has 2 saturated heterocycles. The highest BCUT2D eigenvalue weighted by molar-refractivity contribution is 5.94. The van der Waals surface area contributed by atoms with Crippen LogP contribution < -0.4 is 9.64 Å². The van der Waals surface area contributed by atoms with E-state index in [0.717, 1.165) is 18.9 Å². The van der Waals surface area contributed by atoms with Crippen molar-refractivity contribution in [3.8, 4) is 5.75 Å². The van der Waals surface area contributed by atoms with Crippen molar-refractivity contribution in [2.75, 3.05) is 18.1 Å². The monoisotopic (exact) mass is 476 g/mol. The van der Waals surface area contributed by atoms with Crippen LogP contribution in [0.4, 0.5) is 18.9 Å². The first-order valence-electron chi connectivity index (χ1n) is 11.2. The topological polar surface area (TPSA) is 70.1 Å². The lowest BCUT2D eigenvalue weighted by molar-refractivity contribution is -0.139. The Hall–Kier alpha value is -3.23. The number of hydrogen-bond acceptors (Lipinski definition) is 4. The van der Waals surface area contributed by atoms with Crippen LogP contribution in [-0.2, 0) is 11.0 Å². The number of benzene rings is 2. The van der Waals surface area contributed by atoms with E-state index in [1.807, 2.05) is 18.7 Å². The number of hydrogen-bond donors (Lipinski definition) is 1. The molecule has 1 amide bonds. The summed E-state index contributed by atoms with van der Waals surface area (Å²) < 4.78 is 45.2. The van der Waals surface area contributed by atoms with E-state index in [0.29, 0.717) is 30.0 Å². The van der Waals surface area contributed by atoms with Gasteiger partial charge in [0.05, 0.1) is 17.6 Å². The number of ether oxygens (including phenoxy) is 1. The molecule has 6 nitrogen and oxygen atoms in total. The van der Waals surface area contributed by atoms with Crippen molar-refractivity contribution in [3.05, 3.63) is 59.7 Å². The van der Waals surface area contributed by atoms with Crippen molar-refractivity contribution in [1.82, 2.24) is 4.90 Å². The molecule has 0 bridgehead atoms. The number of piperidine rings is 1. The van der Waals surface area contributed by atoms with Gasteiger partial charge in [0, 0.05) is 23.3 Å². The molecule has 2 fully saturated rings. The summed E-state index contributed by atoms with van der Waals surface area (Å²) in [5.41, 5.74) is -0.143. The Bertz CT molecular complexity index is 1070. The van der Waals surface area contributed by atoms with E-state index in [1.165, 1.54) is 12.1 Å². The van der Waals surface area contributed by atoms with Crippen molar-refractivity contribution in [3.63, 3.8) is 0 Å². The first-order chi connectivity index (χ1) is 16.0. The van der Waals surface area contributed by atoms with Crippen LogP contribution in [0.15, 0.2) is 48.5 Å². The van der Waals surface area contributed by atoms with Gasteiger partial charge >= 0.3 is 12.1 Å². The van der Waals surface area contributed by atoms with E-state index in [4.69, 9.17) is 9.84 Å². The second-order valence-corrected chi connectivity index (χ2v) is 9.42. The van der Waals surface area contributed by atoms with Gasteiger partial charge in [-0.2, -0.15) is 13.2 Å². The minimum atomic E-state index is -4.42. The number of fused-ring (bicyclic) bond motifs is 1. The Morgan fingerprint density at radius 3 is 2.47 bits per heavy atom. The maximum absolute atomic E-state index is 13.4. The second kappa shape index (κ2) is 8.85. The van der Waals surface area contributed by atoms with Gasteiger partial charge in [-0.25, -0.2) is 4.79 Å². The largest absolute Gasteiger partial charge is 0.482 e. The molecule has 9 heteroatoms. The highest BCUT2D eigenvalue weighted by Crippen LogP contribution is 2.45. The van der Waals surface area contributed by atoms with Crippen LogP contribution in [-0.4, -0.2) is 52.7 Å². The average molecular weight is 476 g/mol. The summed E-state index contributed by atoms with van der Waals surface area (Å²) in [7, 11) is 0. The molecule has 0 saturated carbocycles. The highest BCUT2D eigenvalue weighted by Gasteiger charge is 2.51. The standard InChI is InChI=1S/C25H27F3N2O4/c1-24(2)14-21-20(30(24)18-6-3-5-17(13-18)25(26,27)28)7-4-12-29(21)23(33)16-8-10-19(11-9-16)34-15-22(31)32/h3,5-6,8-11,13,20-21H,4,7,12,14-15H2,1-2H3,(H,31,32)/t20-,21-/m0/s1. The quantitative estimate of drug-likeness (QED) is 0.670. The molecule has 2 aromatic carbocycles. The molecule has 0 radical (unpaired) electrons. The van der Waals surface area contributed by atoms with Gasteiger partial charge in [0.25, 0.3) is 5.91 Å². The van der Waals surface area contributed by atoms with Crippen molar-refractivity contribution in [2.45, 2.75) is 56.9 Å². The van der Waals surface area contributed by atoms with Gasteiger partial charge in [0.15, 0.2) is 6.61 Å². The van der Waals surface area contributed by atoms with Gasteiger partial charge in [-0.15, -0.1) is 0 Å². The highest BCUT2D eigenvalue weighted by atomic mass is 19.4. The lowest BCUT2D eigenvalue weighted by atomic mass is 9.93. The van der Waals surface area contributed by atoms with Crippen molar-refractivity contribution < 1.29 is 32.6 Å². The van der Waals surface area contributed by atoms with Crippen molar-refractivity contribution >= 4 is 17.6 Å². The third-order valence-electron chi connectivity index (χ3n) is 6.61. The number of amides is 1. The molecular weight excluding hydrogens is 449 g/mol. The maximum atomic E-state index is 13.4. The molecule has 0 unspecified atom stereocenters. The smallest absolute Gasteiger partial charge is 0.416 e. The Labute approximate surface area is 195 Å². The molecular formula is C25H27F3N2O4. The number of rotatable bonds is 5. The summed E-state index contributed by atoms with van der Waals surface area (Å²) >= 11 is 0. The van der Waals surface area contributed by atoms with Crippen LogP contribution in [0.2, 0.25) is 0 Å². The summed E-state index contributed by atoms with van der Waals surface area (Å²) in [6, 6.07) is 11.5. The number of carbonyl (C=O) groups excluding carboxylic acids is 1. The molecule has 2 aliphatic heterocycles. The molecule has 2 atom stereocenters. The summed E-state index contributed by atoms with van der Waals surface area (Å²) in [4.78, 5) is 27.9. The van der Waals surface area contributed by atoms with Crippen LogP contribution in [0.1, 0.15) is 49.0 Å². The Morgan fingerprint density at radius 2 is 1.82 bits per heavy atom. The van der Waals surface area contributed by atoms with E-state index < -0.39 is 29.9 Å². The number of carbonyl (C=O) groups is 2. The zero-order valence-electron chi connectivity index (χ0n) is 19.0. The fourth-order valence-electron chi connectivity index (χ4n) is 5.27. The summed E-state index contributed by atoms with van der Waals surface area (Å²) in [5, 5.41) is 8.73. The fraction of sp³-hybridized carbons (Fsp3) is 0.440. The predicted octanol–water partition coefficient (Wildman–Crippen LogP) is 4.83. The predicted molar refractivity (Wildman–Crippen MR) is 120 cm³/mol. The third-order valence-corrected chi connectivity index (χ3v) is 6.61. The first-order valence-corrected chi connectivity index (χ1v) is 11.2.